The van der Waals surface area contributed by atoms with Crippen molar-refractivity contribution in [2.75, 3.05) is 37.6 Å². The normalized spacial score (nSPS) is 17.9. The van der Waals surface area contributed by atoms with Crippen LogP contribution in [0.4, 0.5) is 5.69 Å². The summed E-state index contributed by atoms with van der Waals surface area (Å²) < 4.78 is 0. The number of rotatable bonds is 4. The zero-order chi connectivity index (χ0) is 19.9. The van der Waals surface area contributed by atoms with Gasteiger partial charge >= 0.3 is 11.8 Å². The predicted octanol–water partition coefficient (Wildman–Crippen LogP) is 1.21. The minimum absolute atomic E-state index is 0.0809. The van der Waals surface area contributed by atoms with Crippen molar-refractivity contribution in [1.29, 1.82) is 0 Å². The molecule has 152 valence electrons. The molecular formula is C21H30N4O3. The number of hydrogen-bond acceptors (Lipinski definition) is 4. The number of piperazine rings is 1. The van der Waals surface area contributed by atoms with Crippen LogP contribution in [0, 0.1) is 6.92 Å². The third-order valence-corrected chi connectivity index (χ3v) is 5.55. The number of aryl methyl sites for hydroxylation is 1. The molecule has 3 rings (SSSR count). The third-order valence-electron chi connectivity index (χ3n) is 5.55. The molecule has 2 fully saturated rings. The molecule has 0 atom stereocenters. The highest BCUT2D eigenvalue weighted by molar-refractivity contribution is 6.35. The largest absolute Gasteiger partial charge is 0.368 e. The molecule has 1 saturated carbocycles. The molecule has 1 aromatic carbocycles. The van der Waals surface area contributed by atoms with Crippen molar-refractivity contribution in [3.8, 4) is 0 Å². The molecule has 1 heterocycles. The lowest BCUT2D eigenvalue weighted by Crippen LogP contribution is -2.52. The highest BCUT2D eigenvalue weighted by Gasteiger charge is 2.24. The van der Waals surface area contributed by atoms with Gasteiger partial charge in [-0.05, 0) is 37.5 Å². The Morgan fingerprint density at radius 1 is 1.00 bits per heavy atom. The van der Waals surface area contributed by atoms with Gasteiger partial charge in [-0.15, -0.1) is 0 Å². The Balaban J connectivity index is 1.39. The quantitative estimate of drug-likeness (QED) is 0.762. The summed E-state index contributed by atoms with van der Waals surface area (Å²) in [6.07, 6.45) is 5.19. The van der Waals surface area contributed by atoms with Crippen LogP contribution >= 0.6 is 0 Å². The molecule has 1 aliphatic carbocycles. The van der Waals surface area contributed by atoms with Crippen molar-refractivity contribution in [3.05, 3.63) is 29.8 Å². The van der Waals surface area contributed by atoms with E-state index in [1.54, 1.807) is 4.90 Å². The molecule has 0 spiro atoms. The lowest BCUT2D eigenvalue weighted by atomic mass is 9.95. The maximum atomic E-state index is 12.4. The number of carbonyl (C=O) groups is 3. The van der Waals surface area contributed by atoms with Gasteiger partial charge in [0, 0.05) is 37.9 Å². The van der Waals surface area contributed by atoms with E-state index >= 15 is 0 Å². The van der Waals surface area contributed by atoms with Gasteiger partial charge in [0.05, 0.1) is 6.54 Å². The molecule has 28 heavy (non-hydrogen) atoms. The highest BCUT2D eigenvalue weighted by atomic mass is 16.2. The fourth-order valence-electron chi connectivity index (χ4n) is 3.88. The summed E-state index contributed by atoms with van der Waals surface area (Å²) in [6, 6.07) is 8.41. The average molecular weight is 386 g/mol. The lowest BCUT2D eigenvalue weighted by molar-refractivity contribution is -0.141. The van der Waals surface area contributed by atoms with Crippen molar-refractivity contribution in [1.82, 2.24) is 15.5 Å². The van der Waals surface area contributed by atoms with E-state index in [2.05, 4.69) is 40.7 Å². The number of nitrogens with one attached hydrogen (secondary N) is 2. The zero-order valence-electron chi connectivity index (χ0n) is 16.6. The van der Waals surface area contributed by atoms with E-state index in [9.17, 15) is 14.4 Å². The monoisotopic (exact) mass is 386 g/mol. The smallest absolute Gasteiger partial charge is 0.309 e. The Morgan fingerprint density at radius 3 is 2.39 bits per heavy atom. The van der Waals surface area contributed by atoms with Crippen molar-refractivity contribution >= 4 is 23.4 Å². The number of nitrogens with zero attached hydrogens (tertiary/aromatic N) is 2. The molecule has 1 aromatic rings. The van der Waals surface area contributed by atoms with Crippen LogP contribution in [0.3, 0.4) is 0 Å². The first-order valence-corrected chi connectivity index (χ1v) is 10.2. The van der Waals surface area contributed by atoms with Crippen molar-refractivity contribution in [3.63, 3.8) is 0 Å². The molecule has 0 radical (unpaired) electrons. The summed E-state index contributed by atoms with van der Waals surface area (Å²) >= 11 is 0. The average Bonchev–Trinajstić information content (AvgIpc) is 2.72. The van der Waals surface area contributed by atoms with Crippen molar-refractivity contribution < 1.29 is 14.4 Å². The first-order chi connectivity index (χ1) is 13.5. The van der Waals surface area contributed by atoms with Crippen LogP contribution in [0.1, 0.15) is 37.7 Å². The van der Waals surface area contributed by atoms with Gasteiger partial charge in [-0.1, -0.05) is 31.4 Å². The van der Waals surface area contributed by atoms with Crippen LogP contribution in [-0.2, 0) is 14.4 Å². The molecule has 1 aliphatic heterocycles. The van der Waals surface area contributed by atoms with Gasteiger partial charge in [0.25, 0.3) is 0 Å². The number of hydrogen-bond donors (Lipinski definition) is 2. The van der Waals surface area contributed by atoms with Gasteiger partial charge in [-0.3, -0.25) is 14.4 Å². The molecule has 0 aromatic heterocycles. The second kappa shape index (κ2) is 9.57. The molecule has 3 amide bonds. The lowest BCUT2D eigenvalue weighted by Gasteiger charge is -2.36. The maximum absolute atomic E-state index is 12.4. The standard InChI is InChI=1S/C21H30N4O3/c1-16-6-5-9-18(14-16)24-10-12-25(13-11-24)19(26)15-22-20(27)21(28)23-17-7-3-2-4-8-17/h5-6,9,14,17H,2-4,7-8,10-13,15H2,1H3,(H,22,27)(H,23,28). The SMILES string of the molecule is Cc1cccc(N2CCN(C(=O)CNC(=O)C(=O)NC3CCCCC3)CC2)c1. The Morgan fingerprint density at radius 2 is 1.71 bits per heavy atom. The second-order valence-corrected chi connectivity index (χ2v) is 7.70. The van der Waals surface area contributed by atoms with E-state index in [0.717, 1.165) is 38.8 Å². The number of carbonyl (C=O) groups excluding carboxylic acids is 3. The summed E-state index contributed by atoms with van der Waals surface area (Å²) in [5, 5.41) is 5.23. The van der Waals surface area contributed by atoms with Gasteiger partial charge < -0.3 is 20.4 Å². The Labute approximate surface area is 166 Å². The Bertz CT molecular complexity index is 707. The van der Waals surface area contributed by atoms with E-state index in [1.165, 1.54) is 17.7 Å². The van der Waals surface area contributed by atoms with Crippen LogP contribution in [0.25, 0.3) is 0 Å². The van der Waals surface area contributed by atoms with Crippen molar-refractivity contribution in [2.24, 2.45) is 0 Å². The number of amides is 3. The third kappa shape index (κ3) is 5.47. The maximum Gasteiger partial charge on any atom is 0.309 e. The van der Waals surface area contributed by atoms with E-state index in [1.807, 2.05) is 6.07 Å². The fraction of sp³-hybridized carbons (Fsp3) is 0.571. The predicted molar refractivity (Wildman–Crippen MR) is 108 cm³/mol. The van der Waals surface area contributed by atoms with E-state index in [-0.39, 0.29) is 18.5 Å². The fourth-order valence-corrected chi connectivity index (χ4v) is 3.88. The van der Waals surface area contributed by atoms with E-state index < -0.39 is 11.8 Å². The molecule has 0 bridgehead atoms. The summed E-state index contributed by atoms with van der Waals surface area (Å²) in [5.41, 5.74) is 2.38. The second-order valence-electron chi connectivity index (χ2n) is 7.70. The molecule has 2 N–H and O–H groups in total. The minimum atomic E-state index is -0.725. The highest BCUT2D eigenvalue weighted by Crippen LogP contribution is 2.18. The topological polar surface area (TPSA) is 81.8 Å². The summed E-state index contributed by atoms with van der Waals surface area (Å²) in [5.74, 6) is -1.51. The van der Waals surface area contributed by atoms with Crippen LogP contribution in [-0.4, -0.2) is 61.4 Å². The van der Waals surface area contributed by atoms with Gasteiger partial charge in [0.15, 0.2) is 0 Å². The first kappa shape index (κ1) is 20.2. The Kier molecular flexibility index (Phi) is 6.90. The van der Waals surface area contributed by atoms with Crippen LogP contribution < -0.4 is 15.5 Å². The number of benzene rings is 1. The number of anilines is 1. The molecular weight excluding hydrogens is 356 g/mol. The van der Waals surface area contributed by atoms with Crippen molar-refractivity contribution in [2.45, 2.75) is 45.1 Å². The molecule has 7 nitrogen and oxygen atoms in total. The van der Waals surface area contributed by atoms with E-state index in [0.29, 0.717) is 13.1 Å². The van der Waals surface area contributed by atoms with Crippen LogP contribution in [0.2, 0.25) is 0 Å². The molecule has 2 aliphatic rings. The first-order valence-electron chi connectivity index (χ1n) is 10.2. The van der Waals surface area contributed by atoms with Gasteiger partial charge in [0.2, 0.25) is 5.91 Å². The van der Waals surface area contributed by atoms with Gasteiger partial charge in [-0.2, -0.15) is 0 Å². The van der Waals surface area contributed by atoms with Crippen LogP contribution in [0.15, 0.2) is 24.3 Å². The van der Waals surface area contributed by atoms with E-state index in [4.69, 9.17) is 0 Å². The minimum Gasteiger partial charge on any atom is -0.368 e. The summed E-state index contributed by atoms with van der Waals surface area (Å²) in [6.45, 7) is 4.65. The van der Waals surface area contributed by atoms with Gasteiger partial charge in [0.1, 0.15) is 0 Å². The summed E-state index contributed by atoms with van der Waals surface area (Å²) in [4.78, 5) is 40.3. The Hall–Kier alpha value is -2.57. The molecule has 1 saturated heterocycles. The summed E-state index contributed by atoms with van der Waals surface area (Å²) in [7, 11) is 0. The zero-order valence-corrected chi connectivity index (χ0v) is 16.6. The van der Waals surface area contributed by atoms with Crippen LogP contribution in [0.5, 0.6) is 0 Å². The molecule has 7 heteroatoms. The molecule has 0 unspecified atom stereocenters. The van der Waals surface area contributed by atoms with Gasteiger partial charge in [-0.25, -0.2) is 0 Å².